The van der Waals surface area contributed by atoms with Crippen molar-refractivity contribution in [2.24, 2.45) is 0 Å². The number of hydrogen-bond donors (Lipinski definition) is 3. The molecule has 1 aromatic heterocycles. The van der Waals surface area contributed by atoms with E-state index in [1.54, 1.807) is 0 Å². The van der Waals surface area contributed by atoms with Gasteiger partial charge in [-0.2, -0.15) is 0 Å². The molecule has 1 heterocycles. The smallest absolute Gasteiger partial charge is 0.374 e. The summed E-state index contributed by atoms with van der Waals surface area (Å²) >= 11 is 10.3. The van der Waals surface area contributed by atoms with Gasteiger partial charge in [0, 0.05) is 32.4 Å². The highest BCUT2D eigenvalue weighted by molar-refractivity contribution is 7.74. The Hall–Kier alpha value is -0.653. The first-order valence-electron chi connectivity index (χ1n) is 7.41. The van der Waals surface area contributed by atoms with E-state index >= 15 is 0 Å². The van der Waals surface area contributed by atoms with Crippen molar-refractivity contribution in [2.75, 3.05) is 31.7 Å². The molecule has 0 aliphatic heterocycles. The lowest BCUT2D eigenvalue weighted by Crippen LogP contribution is -2.46. The topological polar surface area (TPSA) is 84.2 Å². The van der Waals surface area contributed by atoms with Crippen molar-refractivity contribution >= 4 is 39.1 Å². The Morgan fingerprint density at radius 1 is 1.09 bits per heavy atom. The van der Waals surface area contributed by atoms with E-state index in [2.05, 4.69) is 20.7 Å². The molecule has 1 aromatic rings. The van der Waals surface area contributed by atoms with Gasteiger partial charge in [-0.15, -0.1) is 5.10 Å². The van der Waals surface area contributed by atoms with Gasteiger partial charge in [-0.3, -0.25) is 5.10 Å². The predicted octanol–water partition coefficient (Wildman–Crippen LogP) is 3.05. The average molecular weight is 365 g/mol. The van der Waals surface area contributed by atoms with E-state index in [4.69, 9.17) is 37.7 Å². The second-order valence-corrected chi connectivity index (χ2v) is 7.92. The Labute approximate surface area is 142 Å². The molecule has 0 saturated heterocycles. The number of hydrogen-bond acceptors (Lipinski definition) is 7. The fourth-order valence-corrected chi connectivity index (χ4v) is 4.91. The maximum atomic E-state index is 5.81. The number of nitrogens with one attached hydrogen (secondary N) is 3. The summed E-state index contributed by atoms with van der Waals surface area (Å²) in [6.07, 6.45) is 0.827. The Morgan fingerprint density at radius 3 is 2.23 bits per heavy atom. The zero-order chi connectivity index (χ0) is 16.4. The molecule has 0 aliphatic carbocycles. The second kappa shape index (κ2) is 10.2. The second-order valence-electron chi connectivity index (χ2n) is 4.37. The molecule has 126 valence electrons. The molecule has 0 bridgehead atoms. The highest BCUT2D eigenvalue weighted by Crippen LogP contribution is 2.18. The minimum Gasteiger partial charge on any atom is -0.374 e. The molecular weight excluding hydrogens is 340 g/mol. The van der Waals surface area contributed by atoms with Gasteiger partial charge in [-0.05, 0) is 27.2 Å². The van der Waals surface area contributed by atoms with Gasteiger partial charge >= 0.3 is 8.80 Å². The molecule has 0 radical (unpaired) electrons. The first-order chi connectivity index (χ1) is 10.6. The van der Waals surface area contributed by atoms with Crippen molar-refractivity contribution in [2.45, 2.75) is 33.2 Å². The highest BCUT2D eigenvalue weighted by atomic mass is 32.1. The van der Waals surface area contributed by atoms with Gasteiger partial charge in [0.05, 0.1) is 0 Å². The van der Waals surface area contributed by atoms with Crippen LogP contribution >= 0.6 is 24.4 Å². The van der Waals surface area contributed by atoms with E-state index < -0.39 is 8.80 Å². The van der Waals surface area contributed by atoms with Crippen molar-refractivity contribution in [1.82, 2.24) is 15.4 Å². The molecule has 0 aliphatic rings. The Balaban J connectivity index is 2.56. The van der Waals surface area contributed by atoms with Crippen molar-refractivity contribution < 1.29 is 13.3 Å². The van der Waals surface area contributed by atoms with E-state index in [1.165, 1.54) is 0 Å². The number of rotatable bonds is 11. The summed E-state index contributed by atoms with van der Waals surface area (Å²) < 4.78 is 18.4. The van der Waals surface area contributed by atoms with Crippen LogP contribution in [0.4, 0.5) is 5.82 Å². The fourth-order valence-electron chi connectivity index (χ4n) is 1.98. The van der Waals surface area contributed by atoms with Crippen LogP contribution in [0.15, 0.2) is 0 Å². The molecule has 0 atom stereocenters. The minimum absolute atomic E-state index is 0.467. The van der Waals surface area contributed by atoms with Crippen molar-refractivity contribution in [1.29, 1.82) is 0 Å². The Morgan fingerprint density at radius 2 is 1.68 bits per heavy atom. The van der Waals surface area contributed by atoms with Gasteiger partial charge < -0.3 is 18.6 Å². The molecule has 3 N–H and O–H groups in total. The number of anilines is 1. The molecule has 7 nitrogen and oxygen atoms in total. The normalized spacial score (nSPS) is 11.6. The third kappa shape index (κ3) is 5.86. The molecule has 0 fully saturated rings. The molecule has 10 heteroatoms. The number of nitrogens with zero attached hydrogens (tertiary/aromatic N) is 1. The number of aromatic nitrogens is 3. The van der Waals surface area contributed by atoms with Gasteiger partial charge in [-0.25, -0.2) is 5.21 Å². The van der Waals surface area contributed by atoms with E-state index in [0.29, 0.717) is 41.3 Å². The van der Waals surface area contributed by atoms with E-state index in [1.807, 2.05) is 20.8 Å². The quantitative estimate of drug-likeness (QED) is 0.316. The van der Waals surface area contributed by atoms with E-state index in [-0.39, 0.29) is 0 Å². The van der Waals surface area contributed by atoms with Crippen LogP contribution in [0.5, 0.6) is 0 Å². The van der Waals surface area contributed by atoms with Crippen LogP contribution in [-0.4, -0.2) is 50.6 Å². The molecule has 0 saturated carbocycles. The Bertz CT molecular complexity index is 535. The number of H-pyrrole nitrogens is 2. The van der Waals surface area contributed by atoms with Crippen LogP contribution in [0.1, 0.15) is 27.2 Å². The summed E-state index contributed by atoms with van der Waals surface area (Å²) in [6.45, 7) is 8.29. The van der Waals surface area contributed by atoms with Gasteiger partial charge in [0.2, 0.25) is 0 Å². The van der Waals surface area contributed by atoms with E-state index in [0.717, 1.165) is 12.5 Å². The van der Waals surface area contributed by atoms with Crippen LogP contribution in [0.3, 0.4) is 0 Å². The summed E-state index contributed by atoms with van der Waals surface area (Å²) in [6, 6.07) is 0.742. The summed E-state index contributed by atoms with van der Waals surface area (Å²) in [5.74, 6) is 0.579. The standard InChI is InChI=1S/C12H24N4O3S2Si/c1-4-17-22(18-5-2,19-6-3)9-7-8-13-11-10(20)12(21)15-16-14-11/h4-9H2,1-3H3,(H,16,20)(H2,13,14,15,21). The molecule has 0 aromatic carbocycles. The highest BCUT2D eigenvalue weighted by Gasteiger charge is 2.39. The van der Waals surface area contributed by atoms with E-state index in [9.17, 15) is 0 Å². The zero-order valence-corrected chi connectivity index (χ0v) is 15.9. The summed E-state index contributed by atoms with van der Waals surface area (Å²) in [4.78, 5) is 0. The summed E-state index contributed by atoms with van der Waals surface area (Å²) in [5, 5.41) is 12.5. The molecular formula is C12H24N4O3S2Si. The largest absolute Gasteiger partial charge is 0.500 e. The SMILES string of the molecule is CCO[Si](CCCNc1n[nH][nH]c(=S)c1=S)(OCC)OCC. The van der Waals surface area contributed by atoms with Gasteiger partial charge in [0.15, 0.2) is 5.82 Å². The summed E-state index contributed by atoms with van der Waals surface area (Å²) in [7, 11) is -2.58. The molecule has 0 amide bonds. The minimum atomic E-state index is -2.58. The fraction of sp³-hybridized carbons (Fsp3) is 0.750. The van der Waals surface area contributed by atoms with Crippen LogP contribution in [-0.2, 0) is 13.3 Å². The van der Waals surface area contributed by atoms with Crippen molar-refractivity contribution in [3.8, 4) is 0 Å². The molecule has 0 unspecified atom stereocenters. The molecule has 22 heavy (non-hydrogen) atoms. The van der Waals surface area contributed by atoms with Crippen molar-refractivity contribution in [3.63, 3.8) is 0 Å². The maximum Gasteiger partial charge on any atom is 0.500 e. The monoisotopic (exact) mass is 364 g/mol. The molecule has 1 rings (SSSR count). The first-order valence-corrected chi connectivity index (χ1v) is 10.2. The predicted molar refractivity (Wildman–Crippen MR) is 93.2 cm³/mol. The van der Waals surface area contributed by atoms with Crippen LogP contribution in [0.25, 0.3) is 0 Å². The van der Waals surface area contributed by atoms with Gasteiger partial charge in [0.1, 0.15) is 9.15 Å². The molecule has 0 spiro atoms. The van der Waals surface area contributed by atoms with Gasteiger partial charge in [-0.1, -0.05) is 24.4 Å². The van der Waals surface area contributed by atoms with Crippen LogP contribution in [0, 0.1) is 9.15 Å². The lowest BCUT2D eigenvalue weighted by molar-refractivity contribution is 0.0710. The lowest BCUT2D eigenvalue weighted by Gasteiger charge is -2.28. The third-order valence-electron chi connectivity index (χ3n) is 2.80. The number of aromatic amines is 2. The Kier molecular flexibility index (Phi) is 8.98. The third-order valence-corrected chi connectivity index (χ3v) is 6.79. The van der Waals surface area contributed by atoms with Crippen LogP contribution in [0.2, 0.25) is 6.04 Å². The van der Waals surface area contributed by atoms with Crippen LogP contribution < -0.4 is 5.32 Å². The zero-order valence-electron chi connectivity index (χ0n) is 13.2. The maximum absolute atomic E-state index is 5.81. The van der Waals surface area contributed by atoms with Crippen molar-refractivity contribution in [3.05, 3.63) is 9.15 Å². The lowest BCUT2D eigenvalue weighted by atomic mass is 10.4. The first kappa shape index (κ1) is 19.4. The summed E-state index contributed by atoms with van der Waals surface area (Å²) in [5.41, 5.74) is 0. The van der Waals surface area contributed by atoms with Gasteiger partial charge in [0.25, 0.3) is 0 Å². The average Bonchev–Trinajstić information content (AvgIpc) is 2.48.